The number of hydrogen-bond acceptors (Lipinski definition) is 5. The fourth-order valence-corrected chi connectivity index (χ4v) is 2.37. The molecule has 0 saturated heterocycles. The predicted molar refractivity (Wildman–Crippen MR) is 65.2 cm³/mol. The van der Waals surface area contributed by atoms with Crippen molar-refractivity contribution in [1.82, 2.24) is 25.2 Å². The Labute approximate surface area is 109 Å². The van der Waals surface area contributed by atoms with Crippen LogP contribution in [0.15, 0.2) is 18.3 Å². The third-order valence-electron chi connectivity index (χ3n) is 3.61. The first-order valence-corrected chi connectivity index (χ1v) is 6.09. The Hall–Kier alpha value is -2.31. The molecule has 7 nitrogen and oxygen atoms in total. The van der Waals surface area contributed by atoms with Crippen LogP contribution in [0.25, 0.3) is 11.4 Å². The lowest BCUT2D eigenvalue weighted by molar-refractivity contribution is -0.153. The van der Waals surface area contributed by atoms with E-state index in [1.807, 2.05) is 13.0 Å². The summed E-state index contributed by atoms with van der Waals surface area (Å²) in [5.74, 6) is -0.398. The summed E-state index contributed by atoms with van der Waals surface area (Å²) in [6.45, 7) is 1.87. The third-order valence-corrected chi connectivity index (χ3v) is 3.61. The van der Waals surface area contributed by atoms with Crippen molar-refractivity contribution in [2.24, 2.45) is 0 Å². The van der Waals surface area contributed by atoms with E-state index in [1.165, 1.54) is 4.68 Å². The van der Waals surface area contributed by atoms with Crippen molar-refractivity contribution in [2.45, 2.75) is 31.7 Å². The van der Waals surface area contributed by atoms with Crippen molar-refractivity contribution in [3.8, 4) is 11.4 Å². The van der Waals surface area contributed by atoms with E-state index in [0.717, 1.165) is 17.7 Å². The highest BCUT2D eigenvalue weighted by Gasteiger charge is 2.49. The number of nitrogens with zero attached hydrogens (tertiary/aromatic N) is 5. The van der Waals surface area contributed by atoms with Crippen molar-refractivity contribution < 1.29 is 9.90 Å². The van der Waals surface area contributed by atoms with E-state index in [4.69, 9.17) is 0 Å². The average Bonchev–Trinajstić information content (AvgIpc) is 2.76. The molecule has 1 saturated carbocycles. The molecule has 0 amide bonds. The Balaban J connectivity index is 2.11. The van der Waals surface area contributed by atoms with E-state index >= 15 is 0 Å². The Morgan fingerprint density at radius 1 is 1.47 bits per heavy atom. The summed E-state index contributed by atoms with van der Waals surface area (Å²) in [5, 5.41) is 21.0. The maximum absolute atomic E-state index is 11.5. The lowest BCUT2D eigenvalue weighted by Gasteiger charge is -2.37. The second-order valence-electron chi connectivity index (χ2n) is 4.79. The molecule has 0 spiro atoms. The van der Waals surface area contributed by atoms with Gasteiger partial charge in [-0.2, -0.15) is 0 Å². The number of carbonyl (C=O) groups is 1. The van der Waals surface area contributed by atoms with Gasteiger partial charge in [-0.05, 0) is 48.7 Å². The number of rotatable bonds is 3. The van der Waals surface area contributed by atoms with E-state index in [9.17, 15) is 9.90 Å². The van der Waals surface area contributed by atoms with Crippen LogP contribution < -0.4 is 0 Å². The van der Waals surface area contributed by atoms with Crippen molar-refractivity contribution in [3.63, 3.8) is 0 Å². The molecule has 0 radical (unpaired) electrons. The summed E-state index contributed by atoms with van der Waals surface area (Å²) in [6.07, 6.45) is 3.66. The molecule has 0 atom stereocenters. The van der Waals surface area contributed by atoms with Gasteiger partial charge in [0.1, 0.15) is 0 Å². The molecule has 0 aromatic carbocycles. The van der Waals surface area contributed by atoms with Gasteiger partial charge in [0.05, 0.1) is 0 Å². The van der Waals surface area contributed by atoms with Crippen LogP contribution in [0.1, 0.15) is 25.0 Å². The number of carboxylic acid groups (broad SMARTS) is 1. The van der Waals surface area contributed by atoms with Gasteiger partial charge in [0.25, 0.3) is 0 Å². The molecule has 7 heteroatoms. The van der Waals surface area contributed by atoms with Gasteiger partial charge in [-0.25, -0.2) is 9.48 Å². The minimum atomic E-state index is -0.990. The van der Waals surface area contributed by atoms with Gasteiger partial charge in [0.2, 0.25) is 0 Å². The Morgan fingerprint density at radius 2 is 2.26 bits per heavy atom. The number of carboxylic acids is 1. The van der Waals surface area contributed by atoms with Crippen molar-refractivity contribution in [1.29, 1.82) is 0 Å². The maximum atomic E-state index is 11.5. The van der Waals surface area contributed by atoms with Crippen LogP contribution in [0.3, 0.4) is 0 Å². The zero-order chi connectivity index (χ0) is 13.5. The molecule has 1 N–H and O–H groups in total. The topological polar surface area (TPSA) is 93.8 Å². The molecular formula is C12H13N5O2. The molecule has 1 aliphatic carbocycles. The summed E-state index contributed by atoms with van der Waals surface area (Å²) >= 11 is 0. The molecule has 2 heterocycles. The Morgan fingerprint density at radius 3 is 2.84 bits per heavy atom. The minimum absolute atomic E-state index is 0.479. The largest absolute Gasteiger partial charge is 0.479 e. The number of aromatic nitrogens is 5. The van der Waals surface area contributed by atoms with Gasteiger partial charge in [0, 0.05) is 17.5 Å². The van der Waals surface area contributed by atoms with Gasteiger partial charge >= 0.3 is 5.97 Å². The summed E-state index contributed by atoms with van der Waals surface area (Å²) < 4.78 is 1.44. The normalized spacial score (nSPS) is 16.9. The quantitative estimate of drug-likeness (QED) is 0.884. The first-order valence-electron chi connectivity index (χ1n) is 6.09. The van der Waals surface area contributed by atoms with Gasteiger partial charge in [-0.1, -0.05) is 0 Å². The summed E-state index contributed by atoms with van der Waals surface area (Å²) in [4.78, 5) is 15.6. The molecule has 2 aromatic heterocycles. The molecular weight excluding hydrogens is 246 g/mol. The first-order chi connectivity index (χ1) is 9.13. The molecule has 0 aliphatic heterocycles. The molecule has 3 rings (SSSR count). The van der Waals surface area contributed by atoms with Crippen molar-refractivity contribution >= 4 is 5.97 Å². The Kier molecular flexibility index (Phi) is 2.55. The highest BCUT2D eigenvalue weighted by atomic mass is 16.4. The first kappa shape index (κ1) is 11.8. The fraction of sp³-hybridized carbons (Fsp3) is 0.417. The third kappa shape index (κ3) is 1.69. The lowest BCUT2D eigenvalue weighted by Crippen LogP contribution is -2.48. The van der Waals surface area contributed by atoms with Gasteiger partial charge in [0.15, 0.2) is 11.4 Å². The summed E-state index contributed by atoms with van der Waals surface area (Å²) in [7, 11) is 0. The standard InChI is InChI=1S/C12H13N5O2/c1-8-7-9(3-6-13-8)10-14-15-16-17(10)12(11(18)19)4-2-5-12/h3,6-7H,2,4-5H2,1H3,(H,18,19). The van der Waals surface area contributed by atoms with Crippen LogP contribution in [-0.2, 0) is 10.3 Å². The van der Waals surface area contributed by atoms with E-state index in [2.05, 4.69) is 20.5 Å². The van der Waals surface area contributed by atoms with E-state index < -0.39 is 11.5 Å². The number of aryl methyl sites for hydroxylation is 1. The molecule has 0 bridgehead atoms. The van der Waals surface area contributed by atoms with Crippen LogP contribution in [0.2, 0.25) is 0 Å². The van der Waals surface area contributed by atoms with Crippen LogP contribution in [0.4, 0.5) is 0 Å². The maximum Gasteiger partial charge on any atom is 0.331 e. The zero-order valence-corrected chi connectivity index (χ0v) is 10.4. The summed E-state index contributed by atoms with van der Waals surface area (Å²) in [5.41, 5.74) is 0.630. The molecule has 98 valence electrons. The fourth-order valence-electron chi connectivity index (χ4n) is 2.37. The second kappa shape index (κ2) is 4.11. The summed E-state index contributed by atoms with van der Waals surface area (Å²) in [6, 6.07) is 3.62. The minimum Gasteiger partial charge on any atom is -0.479 e. The number of hydrogen-bond donors (Lipinski definition) is 1. The number of pyridine rings is 1. The van der Waals surface area contributed by atoms with Crippen LogP contribution in [0.5, 0.6) is 0 Å². The van der Waals surface area contributed by atoms with Gasteiger partial charge < -0.3 is 5.11 Å². The second-order valence-corrected chi connectivity index (χ2v) is 4.79. The SMILES string of the molecule is Cc1cc(-c2nnnn2C2(C(=O)O)CCC2)ccn1. The molecule has 19 heavy (non-hydrogen) atoms. The zero-order valence-electron chi connectivity index (χ0n) is 10.4. The highest BCUT2D eigenvalue weighted by molar-refractivity contribution is 5.78. The number of tetrazole rings is 1. The Bertz CT molecular complexity index is 633. The van der Waals surface area contributed by atoms with E-state index in [0.29, 0.717) is 18.7 Å². The highest BCUT2D eigenvalue weighted by Crippen LogP contribution is 2.40. The van der Waals surface area contributed by atoms with Crippen LogP contribution >= 0.6 is 0 Å². The van der Waals surface area contributed by atoms with Crippen molar-refractivity contribution in [3.05, 3.63) is 24.0 Å². The lowest BCUT2D eigenvalue weighted by atomic mass is 9.76. The van der Waals surface area contributed by atoms with Gasteiger partial charge in [-0.3, -0.25) is 4.98 Å². The molecule has 0 unspecified atom stereocenters. The molecule has 1 aliphatic rings. The van der Waals surface area contributed by atoms with Crippen LogP contribution in [-0.4, -0.2) is 36.3 Å². The smallest absolute Gasteiger partial charge is 0.331 e. The van der Waals surface area contributed by atoms with Crippen LogP contribution in [0, 0.1) is 6.92 Å². The average molecular weight is 259 g/mol. The van der Waals surface area contributed by atoms with Gasteiger partial charge in [-0.15, -0.1) is 5.10 Å². The van der Waals surface area contributed by atoms with E-state index in [1.54, 1.807) is 12.3 Å². The monoisotopic (exact) mass is 259 g/mol. The molecule has 1 fully saturated rings. The molecule has 2 aromatic rings. The van der Waals surface area contributed by atoms with E-state index in [-0.39, 0.29) is 0 Å². The number of aliphatic carboxylic acids is 1. The van der Waals surface area contributed by atoms with Crippen molar-refractivity contribution in [2.75, 3.05) is 0 Å². The predicted octanol–water partition coefficient (Wildman–Crippen LogP) is 1.01.